The van der Waals surface area contributed by atoms with Crippen LogP contribution in [0.4, 0.5) is 5.69 Å². The van der Waals surface area contributed by atoms with E-state index >= 15 is 0 Å². The summed E-state index contributed by atoms with van der Waals surface area (Å²) in [7, 11) is 3.98. The van der Waals surface area contributed by atoms with Gasteiger partial charge in [0, 0.05) is 26.7 Å². The minimum Gasteiger partial charge on any atom is -0.714 e. The minimum absolute atomic E-state index is 0.503. The summed E-state index contributed by atoms with van der Waals surface area (Å²) in [4.78, 5) is 6.42. The van der Waals surface area contributed by atoms with Gasteiger partial charge in [-0.25, -0.2) is 0 Å². The Hall–Kier alpha value is -1.84. The largest absolute Gasteiger partial charge is 0.714 e. The fourth-order valence-electron chi connectivity index (χ4n) is 1.84. The Morgan fingerprint density at radius 3 is 2.11 bits per heavy atom. The number of hydroxylamine groups is 1. The zero-order valence-electron chi connectivity index (χ0n) is 11.6. The summed E-state index contributed by atoms with van der Waals surface area (Å²) in [6.45, 7) is 5.67. The van der Waals surface area contributed by atoms with E-state index in [9.17, 15) is 5.21 Å². The molecule has 0 spiro atoms. The molecule has 2 rings (SSSR count). The van der Waals surface area contributed by atoms with Crippen molar-refractivity contribution in [3.05, 3.63) is 35.0 Å². The molecule has 1 aromatic rings. The lowest BCUT2D eigenvalue weighted by molar-refractivity contribution is -0.513. The summed E-state index contributed by atoms with van der Waals surface area (Å²) >= 11 is 0. The molecular weight excluding hydrogens is 226 g/mol. The fraction of sp³-hybridized carbons (Fsp3) is 0.429. The van der Waals surface area contributed by atoms with Gasteiger partial charge in [0.25, 0.3) is 0 Å². The second-order valence-electron chi connectivity index (χ2n) is 5.32. The van der Waals surface area contributed by atoms with Crippen LogP contribution in [0, 0.1) is 5.21 Å². The van der Waals surface area contributed by atoms with E-state index in [-0.39, 0.29) is 0 Å². The zero-order chi connectivity index (χ0) is 13.5. The molecule has 4 heteroatoms. The maximum Gasteiger partial charge on any atom is 0.329 e. The lowest BCUT2D eigenvalue weighted by atomic mass is 10.0. The number of rotatable bonds is 2. The Balaban J connectivity index is 2.42. The van der Waals surface area contributed by atoms with Gasteiger partial charge in [0.15, 0.2) is 11.3 Å². The van der Waals surface area contributed by atoms with Crippen molar-refractivity contribution in [1.29, 1.82) is 0 Å². The number of nitrogens with zero attached hydrogens (tertiary/aromatic N) is 3. The van der Waals surface area contributed by atoms with E-state index in [4.69, 9.17) is 0 Å². The Morgan fingerprint density at radius 2 is 1.72 bits per heavy atom. The first-order chi connectivity index (χ1) is 8.34. The third kappa shape index (κ3) is 1.88. The smallest absolute Gasteiger partial charge is 0.329 e. The second-order valence-corrected chi connectivity index (χ2v) is 5.32. The molecule has 0 atom stereocenters. The molecule has 1 aromatic carbocycles. The van der Waals surface area contributed by atoms with Crippen LogP contribution in [0.15, 0.2) is 29.3 Å². The molecule has 0 N–H and O–H groups in total. The van der Waals surface area contributed by atoms with Crippen LogP contribution in [0.1, 0.15) is 26.3 Å². The van der Waals surface area contributed by atoms with Crippen LogP contribution in [0.25, 0.3) is 0 Å². The number of aliphatic imine (C=N–C) groups is 1. The molecule has 1 aliphatic rings. The van der Waals surface area contributed by atoms with Crippen LogP contribution in [0.5, 0.6) is 0 Å². The van der Waals surface area contributed by atoms with Gasteiger partial charge < -0.3 is 10.1 Å². The Kier molecular flexibility index (Phi) is 2.89. The summed E-state index contributed by atoms with van der Waals surface area (Å²) in [5, 5.41) is 12.2. The molecule has 18 heavy (non-hydrogen) atoms. The Morgan fingerprint density at radius 1 is 1.17 bits per heavy atom. The van der Waals surface area contributed by atoms with Crippen molar-refractivity contribution in [3.63, 3.8) is 0 Å². The molecule has 0 bridgehead atoms. The van der Waals surface area contributed by atoms with Gasteiger partial charge in [0.2, 0.25) is 0 Å². The van der Waals surface area contributed by atoms with Gasteiger partial charge in [-0.15, -0.1) is 0 Å². The van der Waals surface area contributed by atoms with Gasteiger partial charge in [-0.3, -0.25) is 4.74 Å². The van der Waals surface area contributed by atoms with Gasteiger partial charge >= 0.3 is 5.84 Å². The molecule has 4 nitrogen and oxygen atoms in total. The zero-order valence-corrected chi connectivity index (χ0v) is 11.6. The molecule has 1 aliphatic heterocycles. The van der Waals surface area contributed by atoms with E-state index in [0.717, 1.165) is 21.7 Å². The van der Waals surface area contributed by atoms with Crippen molar-refractivity contribution in [2.24, 2.45) is 4.99 Å². The number of benzene rings is 1. The van der Waals surface area contributed by atoms with E-state index in [1.165, 1.54) is 0 Å². The highest BCUT2D eigenvalue weighted by atomic mass is 16.5. The third-order valence-corrected chi connectivity index (χ3v) is 3.50. The highest BCUT2D eigenvalue weighted by molar-refractivity contribution is 6.09. The van der Waals surface area contributed by atoms with Gasteiger partial charge in [-0.05, 0) is 43.1 Å². The van der Waals surface area contributed by atoms with Crippen molar-refractivity contribution in [2.45, 2.75) is 26.3 Å². The van der Waals surface area contributed by atoms with Gasteiger partial charge in [-0.1, -0.05) is 0 Å². The first-order valence-corrected chi connectivity index (χ1v) is 6.02. The topological polar surface area (TPSA) is 41.7 Å². The fourth-order valence-corrected chi connectivity index (χ4v) is 1.84. The lowest BCUT2D eigenvalue weighted by Gasteiger charge is -2.22. The SMILES string of the molecule is CC1=NC(c2ccc(N(C)C)cc2)=[N+]([O-])C1(C)C. The molecule has 0 unspecified atom stereocenters. The summed E-state index contributed by atoms with van der Waals surface area (Å²) in [5.41, 5.74) is 2.27. The first kappa shape index (κ1) is 12.6. The second kappa shape index (κ2) is 4.12. The van der Waals surface area contributed by atoms with Crippen molar-refractivity contribution >= 4 is 17.2 Å². The van der Waals surface area contributed by atoms with E-state index in [1.54, 1.807) is 0 Å². The molecule has 0 saturated carbocycles. The van der Waals surface area contributed by atoms with Crippen LogP contribution < -0.4 is 4.90 Å². The van der Waals surface area contributed by atoms with Crippen molar-refractivity contribution in [2.75, 3.05) is 19.0 Å². The maximum absolute atomic E-state index is 12.2. The third-order valence-electron chi connectivity index (χ3n) is 3.50. The average Bonchev–Trinajstić information content (AvgIpc) is 2.53. The van der Waals surface area contributed by atoms with Gasteiger partial charge in [0.1, 0.15) is 0 Å². The van der Waals surface area contributed by atoms with Crippen molar-refractivity contribution < 1.29 is 4.74 Å². The Labute approximate surface area is 108 Å². The number of amidine groups is 1. The predicted octanol–water partition coefficient (Wildman–Crippen LogP) is 2.26. The standard InChI is InChI=1S/C14H19N3O/c1-10-14(2,3)17(18)13(15-10)11-6-8-12(9-7-11)16(4)5/h6-9H,1-5H3. The van der Waals surface area contributed by atoms with Gasteiger partial charge in [-0.2, -0.15) is 0 Å². The highest BCUT2D eigenvalue weighted by Gasteiger charge is 2.39. The highest BCUT2D eigenvalue weighted by Crippen LogP contribution is 2.22. The van der Waals surface area contributed by atoms with E-state index in [0.29, 0.717) is 5.84 Å². The predicted molar refractivity (Wildman–Crippen MR) is 75.7 cm³/mol. The van der Waals surface area contributed by atoms with Crippen LogP contribution in [0.2, 0.25) is 0 Å². The Bertz CT molecular complexity index is 524. The number of anilines is 1. The van der Waals surface area contributed by atoms with Crippen LogP contribution >= 0.6 is 0 Å². The number of hydrogen-bond acceptors (Lipinski definition) is 3. The average molecular weight is 245 g/mol. The quantitative estimate of drug-likeness (QED) is 0.592. The molecule has 0 fully saturated rings. The normalized spacial score (nSPS) is 17.9. The first-order valence-electron chi connectivity index (χ1n) is 6.02. The monoisotopic (exact) mass is 245 g/mol. The summed E-state index contributed by atoms with van der Waals surface area (Å²) in [6, 6.07) is 7.86. The van der Waals surface area contributed by atoms with Crippen molar-refractivity contribution in [1.82, 2.24) is 0 Å². The molecular formula is C14H19N3O. The molecule has 1 heterocycles. The van der Waals surface area contributed by atoms with E-state index in [1.807, 2.05) is 64.0 Å². The van der Waals surface area contributed by atoms with E-state index in [2.05, 4.69) is 4.99 Å². The van der Waals surface area contributed by atoms with Crippen LogP contribution in [0.3, 0.4) is 0 Å². The number of hydrogen-bond donors (Lipinski definition) is 0. The molecule has 0 saturated heterocycles. The summed E-state index contributed by atoms with van der Waals surface area (Å²) < 4.78 is 0.993. The van der Waals surface area contributed by atoms with E-state index < -0.39 is 5.54 Å². The summed E-state index contributed by atoms with van der Waals surface area (Å²) in [5.74, 6) is 0.503. The van der Waals surface area contributed by atoms with Crippen LogP contribution in [-0.4, -0.2) is 35.9 Å². The summed E-state index contributed by atoms with van der Waals surface area (Å²) in [6.07, 6.45) is 0. The molecule has 96 valence electrons. The maximum atomic E-state index is 12.2. The van der Waals surface area contributed by atoms with Crippen molar-refractivity contribution in [3.8, 4) is 0 Å². The lowest BCUT2D eigenvalue weighted by Crippen LogP contribution is -2.37. The van der Waals surface area contributed by atoms with Crippen LogP contribution in [-0.2, 0) is 0 Å². The molecule has 0 amide bonds. The molecule has 0 aliphatic carbocycles. The minimum atomic E-state index is -0.546. The molecule has 0 radical (unpaired) electrons. The van der Waals surface area contributed by atoms with Gasteiger partial charge in [0.05, 0.1) is 5.56 Å². The molecule has 0 aromatic heterocycles.